The molecular formula is C18H17BrN2. The first-order valence-electron chi connectivity index (χ1n) is 7.08. The van der Waals surface area contributed by atoms with Gasteiger partial charge in [0.2, 0.25) is 0 Å². The molecule has 3 rings (SSSR count). The maximum absolute atomic E-state index is 5.40. The molecule has 1 aliphatic rings. The first kappa shape index (κ1) is 14.0. The van der Waals surface area contributed by atoms with Crippen molar-refractivity contribution in [1.82, 2.24) is 0 Å². The van der Waals surface area contributed by atoms with Crippen LogP contribution in [0.4, 0.5) is 11.4 Å². The lowest BCUT2D eigenvalue weighted by atomic mass is 10.2. The van der Waals surface area contributed by atoms with Gasteiger partial charge in [-0.3, -0.25) is 0 Å². The molecule has 2 nitrogen and oxygen atoms in total. The van der Waals surface area contributed by atoms with E-state index in [-0.39, 0.29) is 0 Å². The molecule has 0 saturated carbocycles. The molecular weight excluding hydrogens is 324 g/mol. The van der Waals surface area contributed by atoms with Crippen molar-refractivity contribution in [2.45, 2.75) is 0 Å². The van der Waals surface area contributed by atoms with E-state index in [4.69, 9.17) is 6.42 Å². The minimum absolute atomic E-state index is 0.937. The van der Waals surface area contributed by atoms with E-state index in [9.17, 15) is 0 Å². The minimum atomic E-state index is 0.937. The summed E-state index contributed by atoms with van der Waals surface area (Å²) in [6, 6.07) is 16.8. The number of piperazine rings is 1. The first-order valence-corrected chi connectivity index (χ1v) is 7.88. The van der Waals surface area contributed by atoms with Crippen LogP contribution in [0.15, 0.2) is 53.0 Å². The number of benzene rings is 2. The fraction of sp³-hybridized carbons (Fsp3) is 0.222. The molecule has 0 aliphatic carbocycles. The zero-order chi connectivity index (χ0) is 14.7. The number of nitrogens with zero attached hydrogens (tertiary/aromatic N) is 2. The zero-order valence-corrected chi connectivity index (χ0v) is 13.4. The van der Waals surface area contributed by atoms with Gasteiger partial charge in [-0.15, -0.1) is 6.42 Å². The summed E-state index contributed by atoms with van der Waals surface area (Å²) >= 11 is 3.48. The van der Waals surface area contributed by atoms with E-state index >= 15 is 0 Å². The minimum Gasteiger partial charge on any atom is -0.368 e. The number of terminal acetylenes is 1. The second-order valence-electron chi connectivity index (χ2n) is 5.14. The third-order valence-corrected chi connectivity index (χ3v) is 4.40. The second kappa shape index (κ2) is 6.24. The Morgan fingerprint density at radius 3 is 1.62 bits per heavy atom. The molecule has 0 radical (unpaired) electrons. The van der Waals surface area contributed by atoms with Crippen molar-refractivity contribution in [2.75, 3.05) is 36.0 Å². The van der Waals surface area contributed by atoms with Gasteiger partial charge in [0, 0.05) is 47.6 Å². The predicted octanol–water partition coefficient (Wildman–Crippen LogP) is 3.76. The summed E-state index contributed by atoms with van der Waals surface area (Å²) in [5.41, 5.74) is 3.48. The summed E-state index contributed by atoms with van der Waals surface area (Å²) in [6.45, 7) is 4.15. The highest BCUT2D eigenvalue weighted by atomic mass is 79.9. The molecule has 0 atom stereocenters. The van der Waals surface area contributed by atoms with Gasteiger partial charge in [0.05, 0.1) is 0 Å². The van der Waals surface area contributed by atoms with Crippen LogP contribution in [-0.4, -0.2) is 26.2 Å². The Morgan fingerprint density at radius 2 is 1.19 bits per heavy atom. The van der Waals surface area contributed by atoms with Crippen molar-refractivity contribution in [1.29, 1.82) is 0 Å². The SMILES string of the molecule is C#Cc1ccc(N2CCN(c3ccc(Br)cc3)CC2)cc1. The van der Waals surface area contributed by atoms with Crippen LogP contribution in [0.5, 0.6) is 0 Å². The smallest absolute Gasteiger partial charge is 0.0368 e. The van der Waals surface area contributed by atoms with Crippen molar-refractivity contribution >= 4 is 27.3 Å². The van der Waals surface area contributed by atoms with Gasteiger partial charge < -0.3 is 9.80 Å². The summed E-state index contributed by atoms with van der Waals surface area (Å²) in [4.78, 5) is 4.84. The fourth-order valence-corrected chi connectivity index (χ4v) is 2.91. The standard InChI is InChI=1S/C18H17BrN2/c1-2-15-3-7-17(8-4-15)20-11-13-21(14-12-20)18-9-5-16(19)6-10-18/h1,3-10H,11-14H2. The van der Waals surface area contributed by atoms with E-state index in [0.717, 1.165) is 36.2 Å². The maximum Gasteiger partial charge on any atom is 0.0368 e. The maximum atomic E-state index is 5.40. The average molecular weight is 341 g/mol. The monoisotopic (exact) mass is 340 g/mol. The Hall–Kier alpha value is -1.92. The zero-order valence-electron chi connectivity index (χ0n) is 11.8. The number of rotatable bonds is 2. The normalized spacial score (nSPS) is 14.9. The van der Waals surface area contributed by atoms with Crippen molar-refractivity contribution in [3.63, 3.8) is 0 Å². The van der Waals surface area contributed by atoms with Crippen LogP contribution in [0.3, 0.4) is 0 Å². The molecule has 2 aromatic rings. The van der Waals surface area contributed by atoms with Crippen LogP contribution in [0, 0.1) is 12.3 Å². The highest BCUT2D eigenvalue weighted by Crippen LogP contribution is 2.22. The summed E-state index contributed by atoms with van der Waals surface area (Å²) in [5, 5.41) is 0. The molecule has 0 bridgehead atoms. The highest BCUT2D eigenvalue weighted by Gasteiger charge is 2.17. The summed E-state index contributed by atoms with van der Waals surface area (Å²) in [5.74, 6) is 2.66. The molecule has 0 unspecified atom stereocenters. The van der Waals surface area contributed by atoms with Gasteiger partial charge in [-0.2, -0.15) is 0 Å². The molecule has 0 spiro atoms. The average Bonchev–Trinajstić information content (AvgIpc) is 2.56. The van der Waals surface area contributed by atoms with E-state index < -0.39 is 0 Å². The molecule has 0 aromatic heterocycles. The largest absolute Gasteiger partial charge is 0.368 e. The molecule has 106 valence electrons. The van der Waals surface area contributed by atoms with Gasteiger partial charge in [-0.05, 0) is 48.5 Å². The lowest BCUT2D eigenvalue weighted by Crippen LogP contribution is -2.46. The van der Waals surface area contributed by atoms with Gasteiger partial charge in [0.1, 0.15) is 0 Å². The Bertz CT molecular complexity index is 632. The number of hydrogen-bond acceptors (Lipinski definition) is 2. The number of hydrogen-bond donors (Lipinski definition) is 0. The lowest BCUT2D eigenvalue weighted by molar-refractivity contribution is 0.653. The van der Waals surface area contributed by atoms with E-state index in [0.29, 0.717) is 0 Å². The fourth-order valence-electron chi connectivity index (χ4n) is 2.64. The van der Waals surface area contributed by atoms with Crippen LogP contribution in [0.25, 0.3) is 0 Å². The molecule has 2 aromatic carbocycles. The van der Waals surface area contributed by atoms with Crippen molar-refractivity contribution < 1.29 is 0 Å². The predicted molar refractivity (Wildman–Crippen MR) is 92.9 cm³/mol. The van der Waals surface area contributed by atoms with Gasteiger partial charge in [-0.1, -0.05) is 21.9 Å². The van der Waals surface area contributed by atoms with E-state index in [1.807, 2.05) is 12.1 Å². The van der Waals surface area contributed by atoms with Crippen molar-refractivity contribution in [3.05, 3.63) is 58.6 Å². The molecule has 1 fully saturated rings. The molecule has 3 heteroatoms. The molecule has 1 aliphatic heterocycles. The van der Waals surface area contributed by atoms with Gasteiger partial charge in [0.25, 0.3) is 0 Å². The number of halogens is 1. The van der Waals surface area contributed by atoms with E-state index in [1.54, 1.807) is 0 Å². The lowest BCUT2D eigenvalue weighted by Gasteiger charge is -2.37. The van der Waals surface area contributed by atoms with Crippen LogP contribution in [0.2, 0.25) is 0 Å². The van der Waals surface area contributed by atoms with Crippen molar-refractivity contribution in [3.8, 4) is 12.3 Å². The number of anilines is 2. The topological polar surface area (TPSA) is 6.48 Å². The molecule has 0 amide bonds. The van der Waals surface area contributed by atoms with Crippen LogP contribution < -0.4 is 9.80 Å². The summed E-state index contributed by atoms with van der Waals surface area (Å²) in [7, 11) is 0. The van der Waals surface area contributed by atoms with Crippen LogP contribution >= 0.6 is 15.9 Å². The Morgan fingerprint density at radius 1 is 0.762 bits per heavy atom. The van der Waals surface area contributed by atoms with Gasteiger partial charge in [-0.25, -0.2) is 0 Å². The van der Waals surface area contributed by atoms with Gasteiger partial charge in [0.15, 0.2) is 0 Å². The van der Waals surface area contributed by atoms with Crippen molar-refractivity contribution in [2.24, 2.45) is 0 Å². The molecule has 0 N–H and O–H groups in total. The molecule has 1 heterocycles. The van der Waals surface area contributed by atoms with Gasteiger partial charge >= 0.3 is 0 Å². The Kier molecular flexibility index (Phi) is 4.17. The van der Waals surface area contributed by atoms with Crippen LogP contribution in [-0.2, 0) is 0 Å². The Balaban J connectivity index is 1.64. The van der Waals surface area contributed by atoms with E-state index in [2.05, 4.69) is 68.0 Å². The third kappa shape index (κ3) is 3.22. The van der Waals surface area contributed by atoms with E-state index in [1.165, 1.54) is 11.4 Å². The summed E-state index contributed by atoms with van der Waals surface area (Å²) < 4.78 is 1.12. The quantitative estimate of drug-likeness (QED) is 0.768. The van der Waals surface area contributed by atoms with Crippen LogP contribution in [0.1, 0.15) is 5.56 Å². The second-order valence-corrected chi connectivity index (χ2v) is 6.06. The third-order valence-electron chi connectivity index (χ3n) is 3.87. The first-order chi connectivity index (χ1) is 10.3. The Labute approximate surface area is 134 Å². The highest BCUT2D eigenvalue weighted by molar-refractivity contribution is 9.10. The summed E-state index contributed by atoms with van der Waals surface area (Å²) in [6.07, 6.45) is 5.40. The molecule has 1 saturated heterocycles. The molecule has 21 heavy (non-hydrogen) atoms.